The smallest absolute Gasteiger partial charge is 0.322 e. The van der Waals surface area contributed by atoms with Crippen LogP contribution in [0.25, 0.3) is 5.69 Å². The fourth-order valence-electron chi connectivity index (χ4n) is 3.45. The Morgan fingerprint density at radius 3 is 2.40 bits per heavy atom. The predicted molar refractivity (Wildman–Crippen MR) is 111 cm³/mol. The zero-order chi connectivity index (χ0) is 20.9. The van der Waals surface area contributed by atoms with E-state index in [9.17, 15) is 4.79 Å². The van der Waals surface area contributed by atoms with Gasteiger partial charge in [0, 0.05) is 18.8 Å². The van der Waals surface area contributed by atoms with E-state index in [4.69, 9.17) is 9.47 Å². The molecule has 0 bridgehead atoms. The van der Waals surface area contributed by atoms with E-state index in [1.54, 1.807) is 9.58 Å². The summed E-state index contributed by atoms with van der Waals surface area (Å²) in [6.45, 7) is 6.21. The fourth-order valence-corrected chi connectivity index (χ4v) is 3.45. The largest absolute Gasteiger partial charge is 0.490 e. The molecule has 1 aromatic heterocycles. The highest BCUT2D eigenvalue weighted by Gasteiger charge is 2.23. The van der Waals surface area contributed by atoms with E-state index in [0.29, 0.717) is 32.0 Å². The first-order chi connectivity index (χ1) is 14.7. The Labute approximate surface area is 174 Å². The van der Waals surface area contributed by atoms with Gasteiger partial charge in [-0.25, -0.2) is 9.48 Å². The topological polar surface area (TPSA) is 94.4 Å². The third kappa shape index (κ3) is 4.19. The van der Waals surface area contributed by atoms with Crippen molar-refractivity contribution in [2.24, 2.45) is 0 Å². The van der Waals surface area contributed by atoms with Crippen LogP contribution in [0.1, 0.15) is 25.0 Å². The van der Waals surface area contributed by atoms with Crippen LogP contribution in [0.4, 0.5) is 10.5 Å². The zero-order valence-corrected chi connectivity index (χ0v) is 17.0. The first-order valence-corrected chi connectivity index (χ1v) is 9.98. The van der Waals surface area contributed by atoms with Gasteiger partial charge < -0.3 is 19.7 Å². The van der Waals surface area contributed by atoms with E-state index in [1.165, 1.54) is 11.9 Å². The van der Waals surface area contributed by atoms with Crippen LogP contribution in [0.3, 0.4) is 0 Å². The zero-order valence-electron chi connectivity index (χ0n) is 17.0. The minimum atomic E-state index is -0.136. The van der Waals surface area contributed by atoms with Crippen molar-refractivity contribution in [1.82, 2.24) is 25.1 Å². The van der Waals surface area contributed by atoms with Gasteiger partial charge in [0.15, 0.2) is 11.5 Å². The monoisotopic (exact) mass is 408 g/mol. The third-order valence-corrected chi connectivity index (χ3v) is 4.90. The molecule has 3 aromatic rings. The summed E-state index contributed by atoms with van der Waals surface area (Å²) in [6, 6.07) is 11.2. The van der Waals surface area contributed by atoms with E-state index in [1.807, 2.05) is 50.2 Å². The quantitative estimate of drug-likeness (QED) is 0.674. The number of carbonyl (C=O) groups is 1. The molecule has 9 nitrogen and oxygen atoms in total. The van der Waals surface area contributed by atoms with Crippen LogP contribution >= 0.6 is 0 Å². The van der Waals surface area contributed by atoms with Gasteiger partial charge in [-0.1, -0.05) is 0 Å². The number of nitrogens with one attached hydrogen (secondary N) is 1. The van der Waals surface area contributed by atoms with Gasteiger partial charge >= 0.3 is 6.03 Å². The molecular weight excluding hydrogens is 384 g/mol. The minimum Gasteiger partial charge on any atom is -0.490 e. The van der Waals surface area contributed by atoms with Crippen LogP contribution in [0.5, 0.6) is 11.5 Å². The molecule has 9 heteroatoms. The molecule has 0 unspecified atom stereocenters. The number of hydrogen-bond acceptors (Lipinski definition) is 6. The molecule has 2 heterocycles. The van der Waals surface area contributed by atoms with Crippen molar-refractivity contribution in [2.75, 3.05) is 25.1 Å². The van der Waals surface area contributed by atoms with E-state index >= 15 is 0 Å². The number of amides is 2. The molecular formula is C21H24N6O3. The van der Waals surface area contributed by atoms with Gasteiger partial charge in [-0.2, -0.15) is 0 Å². The van der Waals surface area contributed by atoms with Crippen molar-refractivity contribution in [3.63, 3.8) is 0 Å². The summed E-state index contributed by atoms with van der Waals surface area (Å²) in [4.78, 5) is 14.6. The molecule has 0 atom stereocenters. The number of urea groups is 1. The standard InChI is InChI=1S/C21H24N6O3/c1-3-29-19-11-15-9-10-26(13-16(15)12-20(19)30-4-2)21(28)23-17-5-7-18(8-6-17)27-14-22-24-25-27/h5-8,11-12,14H,3-4,9-10,13H2,1-2H3,(H,23,28). The van der Waals surface area contributed by atoms with Crippen molar-refractivity contribution >= 4 is 11.7 Å². The van der Waals surface area contributed by atoms with Crippen LogP contribution in [0.15, 0.2) is 42.7 Å². The average molecular weight is 408 g/mol. The second kappa shape index (κ2) is 8.81. The number of tetrazole rings is 1. The second-order valence-electron chi connectivity index (χ2n) is 6.84. The maximum atomic E-state index is 12.8. The van der Waals surface area contributed by atoms with Crippen LogP contribution in [0, 0.1) is 0 Å². The molecule has 0 saturated heterocycles. The summed E-state index contributed by atoms with van der Waals surface area (Å²) in [7, 11) is 0. The lowest BCUT2D eigenvalue weighted by Gasteiger charge is -2.30. The molecule has 0 radical (unpaired) electrons. The number of carbonyl (C=O) groups excluding carboxylic acids is 1. The Hall–Kier alpha value is -3.62. The maximum Gasteiger partial charge on any atom is 0.322 e. The van der Waals surface area contributed by atoms with Crippen LogP contribution in [-0.2, 0) is 13.0 Å². The highest BCUT2D eigenvalue weighted by atomic mass is 16.5. The number of fused-ring (bicyclic) bond motifs is 1. The fraction of sp³-hybridized carbons (Fsp3) is 0.333. The number of hydrogen-bond donors (Lipinski definition) is 1. The minimum absolute atomic E-state index is 0.136. The van der Waals surface area contributed by atoms with Gasteiger partial charge in [0.1, 0.15) is 6.33 Å². The summed E-state index contributed by atoms with van der Waals surface area (Å²) in [5, 5.41) is 14.1. The Kier molecular flexibility index (Phi) is 5.78. The Balaban J connectivity index is 1.44. The highest BCUT2D eigenvalue weighted by molar-refractivity contribution is 5.89. The molecule has 0 spiro atoms. The van der Waals surface area contributed by atoms with Gasteiger partial charge in [-0.05, 0) is 78.2 Å². The van der Waals surface area contributed by atoms with E-state index in [2.05, 4.69) is 20.8 Å². The van der Waals surface area contributed by atoms with Gasteiger partial charge in [0.25, 0.3) is 0 Å². The van der Waals surface area contributed by atoms with Gasteiger partial charge in [-0.3, -0.25) is 0 Å². The van der Waals surface area contributed by atoms with Crippen LogP contribution in [-0.4, -0.2) is 50.9 Å². The summed E-state index contributed by atoms with van der Waals surface area (Å²) in [6.07, 6.45) is 2.29. The lowest BCUT2D eigenvalue weighted by molar-refractivity contribution is 0.206. The summed E-state index contributed by atoms with van der Waals surface area (Å²) >= 11 is 0. The van der Waals surface area contributed by atoms with E-state index < -0.39 is 0 Å². The molecule has 1 aliphatic rings. The van der Waals surface area contributed by atoms with E-state index in [0.717, 1.165) is 29.2 Å². The maximum absolute atomic E-state index is 12.8. The molecule has 0 aliphatic carbocycles. The van der Waals surface area contributed by atoms with Crippen molar-refractivity contribution in [1.29, 1.82) is 0 Å². The number of ether oxygens (including phenoxy) is 2. The number of aromatic nitrogens is 4. The summed E-state index contributed by atoms with van der Waals surface area (Å²) < 4.78 is 13.0. The van der Waals surface area contributed by atoms with Crippen molar-refractivity contribution < 1.29 is 14.3 Å². The van der Waals surface area contributed by atoms with Gasteiger partial charge in [0.2, 0.25) is 0 Å². The lowest BCUT2D eigenvalue weighted by Crippen LogP contribution is -2.38. The summed E-state index contributed by atoms with van der Waals surface area (Å²) in [5.41, 5.74) is 3.80. The molecule has 4 rings (SSSR count). The molecule has 156 valence electrons. The Bertz CT molecular complexity index is 1000. The first-order valence-electron chi connectivity index (χ1n) is 9.98. The Morgan fingerprint density at radius 2 is 1.77 bits per heavy atom. The Morgan fingerprint density at radius 1 is 1.07 bits per heavy atom. The molecule has 1 aliphatic heterocycles. The number of benzene rings is 2. The summed E-state index contributed by atoms with van der Waals surface area (Å²) in [5.74, 6) is 1.48. The molecule has 2 amide bonds. The first kappa shape index (κ1) is 19.7. The SMILES string of the molecule is CCOc1cc2c(cc1OCC)CN(C(=O)Nc1ccc(-n3cnnn3)cc1)CC2. The van der Waals surface area contributed by atoms with Crippen molar-refractivity contribution in [2.45, 2.75) is 26.8 Å². The van der Waals surface area contributed by atoms with Crippen molar-refractivity contribution in [3.8, 4) is 17.2 Å². The normalized spacial score (nSPS) is 12.9. The molecule has 30 heavy (non-hydrogen) atoms. The lowest BCUT2D eigenvalue weighted by atomic mass is 9.99. The molecule has 0 saturated carbocycles. The van der Waals surface area contributed by atoms with Gasteiger partial charge in [0.05, 0.1) is 18.9 Å². The number of rotatable bonds is 6. The van der Waals surface area contributed by atoms with E-state index in [-0.39, 0.29) is 6.03 Å². The third-order valence-electron chi connectivity index (χ3n) is 4.90. The molecule has 1 N–H and O–H groups in total. The second-order valence-corrected chi connectivity index (χ2v) is 6.84. The van der Waals surface area contributed by atoms with Gasteiger partial charge in [-0.15, -0.1) is 5.10 Å². The average Bonchev–Trinajstić information content (AvgIpc) is 3.29. The van der Waals surface area contributed by atoms with Crippen LogP contribution < -0.4 is 14.8 Å². The highest BCUT2D eigenvalue weighted by Crippen LogP contribution is 2.34. The number of nitrogens with zero attached hydrogens (tertiary/aromatic N) is 5. The van der Waals surface area contributed by atoms with Crippen molar-refractivity contribution in [3.05, 3.63) is 53.9 Å². The molecule has 0 fully saturated rings. The predicted octanol–water partition coefficient (Wildman–Crippen LogP) is 3.05. The van der Waals surface area contributed by atoms with Crippen LogP contribution in [0.2, 0.25) is 0 Å². The number of anilines is 1. The molecule has 2 aromatic carbocycles.